The molecule has 1 heteroatoms. The molecule has 0 fully saturated rings. The van der Waals surface area contributed by atoms with Crippen LogP contribution in [0.4, 0.5) is 0 Å². The Balaban J connectivity index is 1.79. The van der Waals surface area contributed by atoms with Gasteiger partial charge in [-0.2, -0.15) is 0 Å². The fraction of sp³-hybridized carbons (Fsp3) is 0.273. The van der Waals surface area contributed by atoms with Crippen molar-refractivity contribution in [2.75, 3.05) is 0 Å². The average Bonchev–Trinajstić information content (AvgIpc) is 2.57. The largest absolute Gasteiger partial charge is 0.389 e. The van der Waals surface area contributed by atoms with Gasteiger partial charge in [-0.3, -0.25) is 0 Å². The summed E-state index contributed by atoms with van der Waals surface area (Å²) in [5.74, 6) is 0.414. The van der Waals surface area contributed by atoms with Crippen molar-refractivity contribution >= 4 is 0 Å². The molecule has 1 N–H and O–H groups in total. The first-order chi connectivity index (χ1) is 11.2. The van der Waals surface area contributed by atoms with Crippen LogP contribution in [-0.2, 0) is 12.8 Å². The van der Waals surface area contributed by atoms with Crippen molar-refractivity contribution in [1.29, 1.82) is 0 Å². The first-order valence-electron chi connectivity index (χ1n) is 8.37. The zero-order chi connectivity index (χ0) is 16.0. The number of allylic oxidation sites excluding steroid dienone is 4. The van der Waals surface area contributed by atoms with Crippen molar-refractivity contribution in [3.63, 3.8) is 0 Å². The van der Waals surface area contributed by atoms with Crippen LogP contribution in [0.25, 0.3) is 0 Å². The summed E-state index contributed by atoms with van der Waals surface area (Å²) in [5.41, 5.74) is 1.67. The second-order valence-corrected chi connectivity index (χ2v) is 6.56. The molecular formula is C22H24O. The van der Waals surface area contributed by atoms with Gasteiger partial charge in [-0.25, -0.2) is 0 Å². The highest BCUT2D eigenvalue weighted by Crippen LogP contribution is 2.30. The molecule has 0 spiro atoms. The Morgan fingerprint density at radius 2 is 1.39 bits per heavy atom. The highest BCUT2D eigenvalue weighted by molar-refractivity contribution is 5.22. The van der Waals surface area contributed by atoms with Crippen molar-refractivity contribution in [1.82, 2.24) is 0 Å². The van der Waals surface area contributed by atoms with E-state index >= 15 is 0 Å². The van der Waals surface area contributed by atoms with Crippen LogP contribution >= 0.6 is 0 Å². The van der Waals surface area contributed by atoms with Crippen LogP contribution in [0.3, 0.4) is 0 Å². The van der Waals surface area contributed by atoms with Gasteiger partial charge in [0.15, 0.2) is 0 Å². The summed E-state index contributed by atoms with van der Waals surface area (Å²) < 4.78 is 0. The molecule has 0 radical (unpaired) electrons. The fourth-order valence-electron chi connectivity index (χ4n) is 3.43. The molecule has 1 aliphatic carbocycles. The average molecular weight is 304 g/mol. The quantitative estimate of drug-likeness (QED) is 0.818. The van der Waals surface area contributed by atoms with E-state index in [0.29, 0.717) is 18.8 Å². The number of hydrogen-bond acceptors (Lipinski definition) is 1. The summed E-state index contributed by atoms with van der Waals surface area (Å²) in [6.07, 6.45) is 11.8. The van der Waals surface area contributed by atoms with Crippen LogP contribution in [0.1, 0.15) is 24.0 Å². The third kappa shape index (κ3) is 4.67. The van der Waals surface area contributed by atoms with Crippen molar-refractivity contribution in [3.05, 3.63) is 96.1 Å². The van der Waals surface area contributed by atoms with Crippen LogP contribution in [0.2, 0.25) is 0 Å². The summed E-state index contributed by atoms with van der Waals surface area (Å²) >= 11 is 0. The Bertz CT molecular complexity index is 613. The van der Waals surface area contributed by atoms with Crippen LogP contribution in [0.15, 0.2) is 85.0 Å². The Labute approximate surface area is 139 Å². The van der Waals surface area contributed by atoms with Gasteiger partial charge in [0.2, 0.25) is 0 Å². The summed E-state index contributed by atoms with van der Waals surface area (Å²) in [5, 5.41) is 11.4. The maximum absolute atomic E-state index is 11.4. The predicted octanol–water partition coefficient (Wildman–Crippen LogP) is 4.73. The Kier molecular flexibility index (Phi) is 5.09. The monoisotopic (exact) mass is 304 g/mol. The van der Waals surface area contributed by atoms with E-state index in [2.05, 4.69) is 48.6 Å². The predicted molar refractivity (Wildman–Crippen MR) is 96.2 cm³/mol. The SMILES string of the molecule is OC(Cc1ccccc1)(Cc1ccccc1)CC1C=CC=CC1. The number of hydrogen-bond donors (Lipinski definition) is 1. The van der Waals surface area contributed by atoms with Gasteiger partial charge in [-0.1, -0.05) is 85.0 Å². The third-order valence-electron chi connectivity index (χ3n) is 4.46. The van der Waals surface area contributed by atoms with Crippen molar-refractivity contribution < 1.29 is 5.11 Å². The van der Waals surface area contributed by atoms with E-state index in [4.69, 9.17) is 0 Å². The lowest BCUT2D eigenvalue weighted by molar-refractivity contribution is 0.0214. The molecule has 2 aromatic rings. The van der Waals surface area contributed by atoms with E-state index in [0.717, 1.165) is 12.8 Å². The van der Waals surface area contributed by atoms with E-state index in [1.54, 1.807) is 0 Å². The minimum atomic E-state index is -0.719. The zero-order valence-corrected chi connectivity index (χ0v) is 13.4. The first-order valence-corrected chi connectivity index (χ1v) is 8.37. The normalized spacial score (nSPS) is 17.3. The van der Waals surface area contributed by atoms with Crippen LogP contribution in [0, 0.1) is 5.92 Å². The van der Waals surface area contributed by atoms with Gasteiger partial charge in [-0.05, 0) is 29.9 Å². The summed E-state index contributed by atoms with van der Waals surface area (Å²) in [7, 11) is 0. The highest BCUT2D eigenvalue weighted by Gasteiger charge is 2.30. The lowest BCUT2D eigenvalue weighted by atomic mass is 9.79. The van der Waals surface area contributed by atoms with Gasteiger partial charge >= 0.3 is 0 Å². The lowest BCUT2D eigenvalue weighted by Crippen LogP contribution is -2.36. The number of benzene rings is 2. The molecule has 0 amide bonds. The maximum Gasteiger partial charge on any atom is 0.0733 e. The van der Waals surface area contributed by atoms with Crippen LogP contribution in [0.5, 0.6) is 0 Å². The molecule has 1 unspecified atom stereocenters. The molecule has 0 bridgehead atoms. The van der Waals surface area contributed by atoms with Gasteiger partial charge in [0, 0.05) is 12.8 Å². The van der Waals surface area contributed by atoms with Gasteiger partial charge in [-0.15, -0.1) is 0 Å². The Hall–Kier alpha value is -2.12. The molecule has 2 aromatic carbocycles. The van der Waals surface area contributed by atoms with Gasteiger partial charge < -0.3 is 5.11 Å². The van der Waals surface area contributed by atoms with E-state index < -0.39 is 5.60 Å². The van der Waals surface area contributed by atoms with Gasteiger partial charge in [0.25, 0.3) is 0 Å². The second kappa shape index (κ2) is 7.43. The Morgan fingerprint density at radius 3 is 1.87 bits per heavy atom. The molecule has 23 heavy (non-hydrogen) atoms. The van der Waals surface area contributed by atoms with Crippen LogP contribution < -0.4 is 0 Å². The topological polar surface area (TPSA) is 20.2 Å². The Morgan fingerprint density at radius 1 is 0.826 bits per heavy atom. The van der Waals surface area contributed by atoms with Crippen LogP contribution in [-0.4, -0.2) is 10.7 Å². The summed E-state index contributed by atoms with van der Waals surface area (Å²) in [6, 6.07) is 20.6. The minimum absolute atomic E-state index is 0.414. The first kappa shape index (κ1) is 15.8. The zero-order valence-electron chi connectivity index (χ0n) is 13.4. The summed E-state index contributed by atoms with van der Waals surface area (Å²) in [6.45, 7) is 0. The standard InChI is InChI=1S/C22H24O/c23-22(16-19-10-4-1-5-11-19,17-20-12-6-2-7-13-20)18-21-14-8-3-9-15-21/h1-14,21,23H,15-18H2. The molecule has 118 valence electrons. The maximum atomic E-state index is 11.4. The molecule has 1 aliphatic rings. The highest BCUT2D eigenvalue weighted by atomic mass is 16.3. The molecule has 0 heterocycles. The summed E-state index contributed by atoms with van der Waals surface area (Å²) in [4.78, 5) is 0. The third-order valence-corrected chi connectivity index (χ3v) is 4.46. The molecule has 1 nitrogen and oxygen atoms in total. The van der Waals surface area contributed by atoms with Crippen molar-refractivity contribution in [3.8, 4) is 0 Å². The minimum Gasteiger partial charge on any atom is -0.389 e. The van der Waals surface area contributed by atoms with Crippen molar-refractivity contribution in [2.24, 2.45) is 5.92 Å². The number of rotatable bonds is 6. The molecule has 0 saturated heterocycles. The fourth-order valence-corrected chi connectivity index (χ4v) is 3.43. The molecular weight excluding hydrogens is 280 g/mol. The second-order valence-electron chi connectivity index (χ2n) is 6.56. The van der Waals surface area contributed by atoms with Gasteiger partial charge in [0.1, 0.15) is 0 Å². The lowest BCUT2D eigenvalue weighted by Gasteiger charge is -2.32. The van der Waals surface area contributed by atoms with E-state index in [-0.39, 0.29) is 0 Å². The molecule has 0 saturated carbocycles. The van der Waals surface area contributed by atoms with E-state index in [9.17, 15) is 5.11 Å². The molecule has 0 aliphatic heterocycles. The van der Waals surface area contributed by atoms with Crippen molar-refractivity contribution in [2.45, 2.75) is 31.3 Å². The van der Waals surface area contributed by atoms with E-state index in [1.165, 1.54) is 11.1 Å². The molecule has 0 aromatic heterocycles. The van der Waals surface area contributed by atoms with Gasteiger partial charge in [0.05, 0.1) is 5.60 Å². The smallest absolute Gasteiger partial charge is 0.0733 e. The van der Waals surface area contributed by atoms with E-state index in [1.807, 2.05) is 36.4 Å². The molecule has 3 rings (SSSR count). The number of aliphatic hydroxyl groups is 1. The molecule has 1 atom stereocenters.